The SMILES string of the molecule is CSCCC(NC(=O)C(CCSC)NC(=O)C(Cc1cnc[nH]1)NC(=O)C1CCCN1)C(=O)O. The van der Waals surface area contributed by atoms with Crippen LogP contribution in [0.5, 0.6) is 0 Å². The summed E-state index contributed by atoms with van der Waals surface area (Å²) in [6, 6.07) is -3.25. The molecule has 1 fully saturated rings. The van der Waals surface area contributed by atoms with Gasteiger partial charge in [0.05, 0.1) is 12.4 Å². The fourth-order valence-electron chi connectivity index (χ4n) is 3.55. The Bertz CT molecular complexity index is 804. The lowest BCUT2D eigenvalue weighted by atomic mass is 10.1. The monoisotopic (exact) mass is 514 g/mol. The molecule has 0 bridgehead atoms. The average molecular weight is 515 g/mol. The molecule has 4 atom stereocenters. The zero-order valence-electron chi connectivity index (χ0n) is 19.5. The van der Waals surface area contributed by atoms with Crippen LogP contribution in [0.1, 0.15) is 31.4 Å². The van der Waals surface area contributed by atoms with E-state index in [1.54, 1.807) is 6.20 Å². The van der Waals surface area contributed by atoms with E-state index in [9.17, 15) is 24.3 Å². The normalized spacial score (nSPS) is 18.0. The number of aliphatic carboxylic acids is 1. The lowest BCUT2D eigenvalue weighted by molar-refractivity contribution is -0.142. The van der Waals surface area contributed by atoms with Crippen LogP contribution < -0.4 is 21.3 Å². The van der Waals surface area contributed by atoms with Crippen molar-refractivity contribution in [2.75, 3.05) is 30.6 Å². The van der Waals surface area contributed by atoms with Crippen LogP contribution in [-0.4, -0.2) is 93.5 Å². The molecule has 3 amide bonds. The summed E-state index contributed by atoms with van der Waals surface area (Å²) >= 11 is 3.00. The third kappa shape index (κ3) is 9.18. The molecule has 1 aromatic rings. The highest BCUT2D eigenvalue weighted by atomic mass is 32.2. The number of carbonyl (C=O) groups is 4. The van der Waals surface area contributed by atoms with Crippen molar-refractivity contribution >= 4 is 47.2 Å². The fraction of sp³-hybridized carbons (Fsp3) is 0.667. The van der Waals surface area contributed by atoms with E-state index in [0.29, 0.717) is 30.0 Å². The summed E-state index contributed by atoms with van der Waals surface area (Å²) in [7, 11) is 0. The number of carboxylic acids is 1. The number of rotatable bonds is 15. The van der Waals surface area contributed by atoms with Crippen LogP contribution >= 0.6 is 23.5 Å². The summed E-state index contributed by atoms with van der Waals surface area (Å²) in [5, 5.41) is 20.6. The van der Waals surface area contributed by atoms with E-state index >= 15 is 0 Å². The van der Waals surface area contributed by atoms with Gasteiger partial charge in [0.25, 0.3) is 0 Å². The van der Waals surface area contributed by atoms with E-state index in [2.05, 4.69) is 31.2 Å². The molecule has 11 nitrogen and oxygen atoms in total. The summed E-state index contributed by atoms with van der Waals surface area (Å²) in [6.45, 7) is 0.744. The first-order chi connectivity index (χ1) is 16.3. The standard InChI is InChI=1S/C21H34N6O5S2/c1-33-8-5-15(19(29)26-16(21(31)32)6-9-34-2)25-20(30)17(10-13-11-22-12-24-13)27-18(28)14-4-3-7-23-14/h11-12,14-17,23H,3-10H2,1-2H3,(H,22,24)(H,25,30)(H,26,29)(H,27,28)(H,31,32). The Morgan fingerprint density at radius 3 is 2.26 bits per heavy atom. The van der Waals surface area contributed by atoms with E-state index in [1.807, 2.05) is 12.5 Å². The van der Waals surface area contributed by atoms with Gasteiger partial charge in [0, 0.05) is 18.3 Å². The van der Waals surface area contributed by atoms with Crippen molar-refractivity contribution in [3.8, 4) is 0 Å². The fourth-order valence-corrected chi connectivity index (χ4v) is 4.49. The van der Waals surface area contributed by atoms with Gasteiger partial charge in [0.15, 0.2) is 0 Å². The molecule has 4 unspecified atom stereocenters. The Morgan fingerprint density at radius 1 is 1.06 bits per heavy atom. The van der Waals surface area contributed by atoms with E-state index in [0.717, 1.165) is 13.0 Å². The van der Waals surface area contributed by atoms with Crippen LogP contribution in [0, 0.1) is 0 Å². The molecule has 34 heavy (non-hydrogen) atoms. The van der Waals surface area contributed by atoms with Gasteiger partial charge >= 0.3 is 5.97 Å². The molecule has 0 aliphatic carbocycles. The van der Waals surface area contributed by atoms with Gasteiger partial charge in [-0.05, 0) is 56.2 Å². The van der Waals surface area contributed by atoms with E-state index in [4.69, 9.17) is 0 Å². The summed E-state index contributed by atoms with van der Waals surface area (Å²) in [4.78, 5) is 57.2. The number of carbonyl (C=O) groups excluding carboxylic acids is 3. The maximum Gasteiger partial charge on any atom is 0.326 e. The van der Waals surface area contributed by atoms with Gasteiger partial charge in [-0.3, -0.25) is 14.4 Å². The van der Waals surface area contributed by atoms with E-state index in [-0.39, 0.29) is 24.8 Å². The molecule has 0 radical (unpaired) electrons. The number of aromatic amines is 1. The zero-order valence-corrected chi connectivity index (χ0v) is 21.1. The number of amides is 3. The van der Waals surface area contributed by atoms with Crippen molar-refractivity contribution in [1.82, 2.24) is 31.2 Å². The van der Waals surface area contributed by atoms with Gasteiger partial charge in [-0.1, -0.05) is 0 Å². The number of thioether (sulfide) groups is 2. The van der Waals surface area contributed by atoms with Gasteiger partial charge in [-0.25, -0.2) is 9.78 Å². The minimum atomic E-state index is -1.12. The van der Waals surface area contributed by atoms with Crippen molar-refractivity contribution in [2.45, 2.75) is 56.3 Å². The predicted octanol–water partition coefficient (Wildman–Crippen LogP) is -0.251. The third-order valence-electron chi connectivity index (χ3n) is 5.46. The topological polar surface area (TPSA) is 165 Å². The lowest BCUT2D eigenvalue weighted by Gasteiger charge is -2.25. The molecule has 6 N–H and O–H groups in total. The highest BCUT2D eigenvalue weighted by Gasteiger charge is 2.31. The van der Waals surface area contributed by atoms with Crippen LogP contribution in [0.2, 0.25) is 0 Å². The molecule has 2 heterocycles. The number of H-pyrrole nitrogens is 1. The molecule has 1 saturated heterocycles. The first kappa shape index (κ1) is 28.0. The van der Waals surface area contributed by atoms with Crippen molar-refractivity contribution in [2.24, 2.45) is 0 Å². The maximum absolute atomic E-state index is 13.2. The molecule has 13 heteroatoms. The number of nitrogens with zero attached hydrogens (tertiary/aromatic N) is 1. The van der Waals surface area contributed by atoms with Crippen molar-refractivity contribution in [1.29, 1.82) is 0 Å². The third-order valence-corrected chi connectivity index (χ3v) is 6.75. The van der Waals surface area contributed by atoms with Crippen LogP contribution in [-0.2, 0) is 25.6 Å². The Labute approximate surface area is 207 Å². The van der Waals surface area contributed by atoms with Crippen molar-refractivity contribution < 1.29 is 24.3 Å². The Hall–Kier alpha value is -2.25. The van der Waals surface area contributed by atoms with Gasteiger partial charge in [-0.2, -0.15) is 23.5 Å². The number of nitrogens with one attached hydrogen (secondary N) is 5. The summed E-state index contributed by atoms with van der Waals surface area (Å²) in [5.41, 5.74) is 0.660. The molecule has 0 saturated carbocycles. The second-order valence-electron chi connectivity index (χ2n) is 8.01. The lowest BCUT2D eigenvalue weighted by Crippen LogP contribution is -2.57. The number of aromatic nitrogens is 2. The average Bonchev–Trinajstić information content (AvgIpc) is 3.52. The number of imidazole rings is 1. The minimum Gasteiger partial charge on any atom is -0.480 e. The second-order valence-corrected chi connectivity index (χ2v) is 9.99. The van der Waals surface area contributed by atoms with E-state index in [1.165, 1.54) is 29.9 Å². The Balaban J connectivity index is 2.11. The molecule has 1 aliphatic heterocycles. The zero-order chi connectivity index (χ0) is 24.9. The van der Waals surface area contributed by atoms with Crippen LogP contribution in [0.3, 0.4) is 0 Å². The summed E-state index contributed by atoms with van der Waals surface area (Å²) < 4.78 is 0. The van der Waals surface area contributed by atoms with Crippen LogP contribution in [0.25, 0.3) is 0 Å². The van der Waals surface area contributed by atoms with Gasteiger partial charge < -0.3 is 31.4 Å². The summed E-state index contributed by atoms with van der Waals surface area (Å²) in [5.74, 6) is -1.30. The Morgan fingerprint density at radius 2 is 1.71 bits per heavy atom. The van der Waals surface area contributed by atoms with Crippen LogP contribution in [0.4, 0.5) is 0 Å². The Kier molecular flexibility index (Phi) is 12.3. The van der Waals surface area contributed by atoms with Crippen LogP contribution in [0.15, 0.2) is 12.5 Å². The first-order valence-electron chi connectivity index (χ1n) is 11.2. The molecule has 0 aromatic carbocycles. The maximum atomic E-state index is 13.2. The molecule has 0 spiro atoms. The first-order valence-corrected chi connectivity index (χ1v) is 14.0. The molecule has 1 aromatic heterocycles. The smallest absolute Gasteiger partial charge is 0.326 e. The van der Waals surface area contributed by atoms with Crippen molar-refractivity contribution in [3.05, 3.63) is 18.2 Å². The molecular formula is C21H34N6O5S2. The largest absolute Gasteiger partial charge is 0.480 e. The van der Waals surface area contributed by atoms with Crippen molar-refractivity contribution in [3.63, 3.8) is 0 Å². The predicted molar refractivity (Wildman–Crippen MR) is 133 cm³/mol. The highest BCUT2D eigenvalue weighted by Crippen LogP contribution is 2.09. The number of hydrogen-bond donors (Lipinski definition) is 6. The summed E-state index contributed by atoms with van der Waals surface area (Å²) in [6.07, 6.45) is 9.14. The number of hydrogen-bond acceptors (Lipinski definition) is 8. The number of carboxylic acid groups (broad SMARTS) is 1. The minimum absolute atomic E-state index is 0.173. The molecular weight excluding hydrogens is 480 g/mol. The van der Waals surface area contributed by atoms with Gasteiger partial charge in [0.2, 0.25) is 17.7 Å². The highest BCUT2D eigenvalue weighted by molar-refractivity contribution is 7.98. The van der Waals surface area contributed by atoms with E-state index < -0.39 is 35.9 Å². The quantitative estimate of drug-likeness (QED) is 0.185. The molecule has 1 aliphatic rings. The van der Waals surface area contributed by atoms with Gasteiger partial charge in [0.1, 0.15) is 18.1 Å². The van der Waals surface area contributed by atoms with Gasteiger partial charge in [-0.15, -0.1) is 0 Å². The molecule has 2 rings (SSSR count). The molecule has 190 valence electrons. The second kappa shape index (κ2) is 14.9.